The number of rotatable bonds is 3. The monoisotopic (exact) mass is 181 g/mol. The van der Waals surface area contributed by atoms with Gasteiger partial charge in [0.15, 0.2) is 0 Å². The Morgan fingerprint density at radius 1 is 1.23 bits per heavy atom. The van der Waals surface area contributed by atoms with Gasteiger partial charge in [-0.1, -0.05) is 0 Å². The summed E-state index contributed by atoms with van der Waals surface area (Å²) in [6.07, 6.45) is 7.65. The van der Waals surface area contributed by atoms with E-state index >= 15 is 0 Å². The van der Waals surface area contributed by atoms with Crippen LogP contribution in [0, 0.1) is 11.8 Å². The lowest BCUT2D eigenvalue weighted by molar-refractivity contribution is -0.0120. The number of nitrogens with one attached hydrogen (secondary N) is 1. The first-order valence-corrected chi connectivity index (χ1v) is 5.72. The summed E-state index contributed by atoms with van der Waals surface area (Å²) in [4.78, 5) is 0. The van der Waals surface area contributed by atoms with Gasteiger partial charge in [-0.2, -0.15) is 0 Å². The Hall–Kier alpha value is -0.0800. The third kappa shape index (κ3) is 1.40. The molecule has 0 spiro atoms. The van der Waals surface area contributed by atoms with Crippen LogP contribution in [0.15, 0.2) is 0 Å². The van der Waals surface area contributed by atoms with E-state index in [0.29, 0.717) is 5.92 Å². The van der Waals surface area contributed by atoms with E-state index < -0.39 is 0 Å². The number of aliphatic hydroxyl groups is 1. The summed E-state index contributed by atoms with van der Waals surface area (Å²) in [7, 11) is 0. The van der Waals surface area contributed by atoms with Crippen LogP contribution in [0.5, 0.6) is 0 Å². The molecular formula is C11H19NO. The van der Waals surface area contributed by atoms with E-state index in [1.54, 1.807) is 0 Å². The molecule has 0 saturated heterocycles. The molecule has 3 unspecified atom stereocenters. The molecule has 0 aromatic rings. The van der Waals surface area contributed by atoms with Crippen LogP contribution in [0.4, 0.5) is 0 Å². The normalized spacial score (nSPS) is 48.7. The van der Waals surface area contributed by atoms with E-state index in [-0.39, 0.29) is 5.60 Å². The highest BCUT2D eigenvalue weighted by Crippen LogP contribution is 2.50. The van der Waals surface area contributed by atoms with Crippen molar-refractivity contribution in [3.63, 3.8) is 0 Å². The Morgan fingerprint density at radius 2 is 2.08 bits per heavy atom. The van der Waals surface area contributed by atoms with Gasteiger partial charge in [-0.05, 0) is 50.4 Å². The van der Waals surface area contributed by atoms with Crippen molar-refractivity contribution in [1.29, 1.82) is 0 Å². The van der Waals surface area contributed by atoms with Gasteiger partial charge in [-0.25, -0.2) is 0 Å². The highest BCUT2D eigenvalue weighted by molar-refractivity contribution is 5.03. The Kier molecular flexibility index (Phi) is 1.72. The van der Waals surface area contributed by atoms with E-state index in [9.17, 15) is 5.11 Å². The third-order valence-corrected chi connectivity index (χ3v) is 4.22. The van der Waals surface area contributed by atoms with E-state index in [2.05, 4.69) is 5.32 Å². The van der Waals surface area contributed by atoms with Crippen LogP contribution in [0.25, 0.3) is 0 Å². The lowest BCUT2D eigenvalue weighted by atomic mass is 9.84. The van der Waals surface area contributed by atoms with Crippen molar-refractivity contribution in [2.24, 2.45) is 11.8 Å². The highest BCUT2D eigenvalue weighted by Gasteiger charge is 2.49. The third-order valence-electron chi connectivity index (χ3n) is 4.22. The second kappa shape index (κ2) is 2.71. The molecule has 3 saturated carbocycles. The van der Waals surface area contributed by atoms with E-state index in [4.69, 9.17) is 0 Å². The summed E-state index contributed by atoms with van der Waals surface area (Å²) in [5.74, 6) is 1.46. The first kappa shape index (κ1) is 8.25. The van der Waals surface area contributed by atoms with Crippen molar-refractivity contribution in [3.8, 4) is 0 Å². The first-order valence-electron chi connectivity index (χ1n) is 5.72. The van der Waals surface area contributed by atoms with E-state index in [1.165, 1.54) is 32.1 Å². The fourth-order valence-electron chi connectivity index (χ4n) is 3.24. The number of hydrogen-bond acceptors (Lipinski definition) is 2. The molecule has 0 aliphatic heterocycles. The van der Waals surface area contributed by atoms with Gasteiger partial charge < -0.3 is 10.4 Å². The highest BCUT2D eigenvalue weighted by atomic mass is 16.3. The van der Waals surface area contributed by atoms with Gasteiger partial charge in [-0.15, -0.1) is 0 Å². The fraction of sp³-hybridized carbons (Fsp3) is 1.00. The molecule has 2 bridgehead atoms. The minimum absolute atomic E-state index is 0.328. The SMILES string of the molecule is OC1(CNC2CC2)CC2CCC1C2. The molecule has 3 rings (SSSR count). The molecule has 0 amide bonds. The molecule has 0 aromatic heterocycles. The standard InChI is InChI=1S/C11H19NO/c13-11(7-12-10-3-4-10)6-8-1-2-9(11)5-8/h8-10,12-13H,1-7H2. The Bertz CT molecular complexity index is 214. The average molecular weight is 181 g/mol. The number of hydrogen-bond donors (Lipinski definition) is 2. The van der Waals surface area contributed by atoms with Gasteiger partial charge in [-0.3, -0.25) is 0 Å². The molecule has 0 radical (unpaired) electrons. The van der Waals surface area contributed by atoms with Crippen LogP contribution in [-0.4, -0.2) is 23.3 Å². The molecule has 2 heteroatoms. The van der Waals surface area contributed by atoms with Gasteiger partial charge >= 0.3 is 0 Å². The molecule has 3 aliphatic carbocycles. The van der Waals surface area contributed by atoms with Crippen LogP contribution in [0.2, 0.25) is 0 Å². The van der Waals surface area contributed by atoms with Crippen LogP contribution >= 0.6 is 0 Å². The van der Waals surface area contributed by atoms with Gasteiger partial charge in [0.25, 0.3) is 0 Å². The van der Waals surface area contributed by atoms with E-state index in [1.807, 2.05) is 0 Å². The van der Waals surface area contributed by atoms with Gasteiger partial charge in [0.05, 0.1) is 5.60 Å². The van der Waals surface area contributed by atoms with Crippen molar-refractivity contribution in [2.75, 3.05) is 6.54 Å². The molecule has 3 aliphatic rings. The maximum absolute atomic E-state index is 10.4. The van der Waals surface area contributed by atoms with Gasteiger partial charge in [0.2, 0.25) is 0 Å². The minimum atomic E-state index is -0.328. The number of fused-ring (bicyclic) bond motifs is 2. The Balaban J connectivity index is 1.60. The molecule has 2 N–H and O–H groups in total. The minimum Gasteiger partial charge on any atom is -0.388 e. The molecular weight excluding hydrogens is 162 g/mol. The maximum atomic E-state index is 10.4. The average Bonchev–Trinajstić information content (AvgIpc) is 2.75. The lowest BCUT2D eigenvalue weighted by Gasteiger charge is -2.32. The summed E-state index contributed by atoms with van der Waals surface area (Å²) in [5.41, 5.74) is -0.328. The molecule has 74 valence electrons. The topological polar surface area (TPSA) is 32.3 Å². The van der Waals surface area contributed by atoms with Crippen molar-refractivity contribution in [1.82, 2.24) is 5.32 Å². The molecule has 3 fully saturated rings. The molecule has 13 heavy (non-hydrogen) atoms. The fourth-order valence-corrected chi connectivity index (χ4v) is 3.24. The van der Waals surface area contributed by atoms with Crippen molar-refractivity contribution in [3.05, 3.63) is 0 Å². The van der Waals surface area contributed by atoms with Gasteiger partial charge in [0, 0.05) is 12.6 Å². The first-order chi connectivity index (χ1) is 6.26. The smallest absolute Gasteiger partial charge is 0.0802 e. The lowest BCUT2D eigenvalue weighted by Crippen LogP contribution is -2.45. The second-order valence-electron chi connectivity index (χ2n) is 5.34. The molecule has 0 aromatic carbocycles. The maximum Gasteiger partial charge on any atom is 0.0802 e. The summed E-state index contributed by atoms with van der Waals surface area (Å²) < 4.78 is 0. The van der Waals surface area contributed by atoms with Crippen LogP contribution < -0.4 is 5.32 Å². The predicted molar refractivity (Wildman–Crippen MR) is 51.4 cm³/mol. The predicted octanol–water partition coefficient (Wildman–Crippen LogP) is 1.29. The van der Waals surface area contributed by atoms with E-state index in [0.717, 1.165) is 24.9 Å². The van der Waals surface area contributed by atoms with Crippen molar-refractivity contribution >= 4 is 0 Å². The molecule has 0 heterocycles. The van der Waals surface area contributed by atoms with Crippen molar-refractivity contribution in [2.45, 2.75) is 50.2 Å². The molecule has 2 nitrogen and oxygen atoms in total. The van der Waals surface area contributed by atoms with Crippen LogP contribution in [0.3, 0.4) is 0 Å². The zero-order valence-corrected chi connectivity index (χ0v) is 8.13. The summed E-state index contributed by atoms with van der Waals surface area (Å²) >= 11 is 0. The molecule has 3 atom stereocenters. The zero-order chi connectivity index (χ0) is 8.89. The largest absolute Gasteiger partial charge is 0.388 e. The van der Waals surface area contributed by atoms with Gasteiger partial charge in [0.1, 0.15) is 0 Å². The Morgan fingerprint density at radius 3 is 2.62 bits per heavy atom. The Labute approximate surface area is 79.7 Å². The summed E-state index contributed by atoms with van der Waals surface area (Å²) in [5, 5.41) is 13.9. The van der Waals surface area contributed by atoms with Crippen LogP contribution in [0.1, 0.15) is 38.5 Å². The summed E-state index contributed by atoms with van der Waals surface area (Å²) in [6, 6.07) is 0.739. The zero-order valence-electron chi connectivity index (χ0n) is 8.13. The second-order valence-corrected chi connectivity index (χ2v) is 5.34. The summed E-state index contributed by atoms with van der Waals surface area (Å²) in [6.45, 7) is 0.860. The van der Waals surface area contributed by atoms with Crippen LogP contribution in [-0.2, 0) is 0 Å². The van der Waals surface area contributed by atoms with Crippen molar-refractivity contribution < 1.29 is 5.11 Å². The quantitative estimate of drug-likeness (QED) is 0.687.